The molecule has 0 unspecified atom stereocenters. The Hall–Kier alpha value is -0.553. The summed E-state index contributed by atoms with van der Waals surface area (Å²) in [5, 5.41) is 9.80. The molecule has 5 heteroatoms. The van der Waals surface area contributed by atoms with Crippen molar-refractivity contribution in [3.05, 3.63) is 28.8 Å². The van der Waals surface area contributed by atoms with Gasteiger partial charge in [0.25, 0.3) is 0 Å². The van der Waals surface area contributed by atoms with Crippen molar-refractivity contribution in [2.24, 2.45) is 0 Å². The van der Waals surface area contributed by atoms with Crippen LogP contribution in [-0.2, 0) is 11.0 Å². The number of benzene rings is 1. The Bertz CT molecular complexity index is 455. The molecule has 120 valence electrons. The summed E-state index contributed by atoms with van der Waals surface area (Å²) in [7, 11) is -1.67. The third-order valence-electron chi connectivity index (χ3n) is 3.99. The van der Waals surface area contributed by atoms with Crippen LogP contribution in [0.3, 0.4) is 0 Å². The lowest BCUT2D eigenvalue weighted by Crippen LogP contribution is -2.41. The van der Waals surface area contributed by atoms with Gasteiger partial charge in [0.05, 0.1) is 18.2 Å². The highest BCUT2D eigenvalue weighted by Gasteiger charge is 2.36. The zero-order valence-corrected chi connectivity index (χ0v) is 15.5. The molecule has 21 heavy (non-hydrogen) atoms. The topological polar surface area (TPSA) is 38.7 Å². The van der Waals surface area contributed by atoms with Crippen LogP contribution in [-0.4, -0.2) is 26.6 Å². The third kappa shape index (κ3) is 5.62. The van der Waals surface area contributed by atoms with Crippen molar-refractivity contribution in [1.82, 2.24) is 0 Å². The average Bonchev–Trinajstić information content (AvgIpc) is 2.38. The zero-order valence-electron chi connectivity index (χ0n) is 13.7. The van der Waals surface area contributed by atoms with E-state index in [-0.39, 0.29) is 11.6 Å². The second kappa shape index (κ2) is 7.63. The predicted octanol–water partition coefficient (Wildman–Crippen LogP) is 4.62. The summed E-state index contributed by atoms with van der Waals surface area (Å²) in [6.07, 6.45) is 0.838. The van der Waals surface area contributed by atoms with Crippen LogP contribution in [0.5, 0.6) is 5.75 Å². The number of aliphatic hydroxyl groups is 1. The highest BCUT2D eigenvalue weighted by Crippen LogP contribution is 2.36. The second-order valence-corrected chi connectivity index (χ2v) is 12.0. The van der Waals surface area contributed by atoms with Crippen molar-refractivity contribution >= 4 is 19.9 Å². The lowest BCUT2D eigenvalue weighted by atomic mass is 10.2. The molecule has 0 atom stereocenters. The van der Waals surface area contributed by atoms with E-state index >= 15 is 0 Å². The number of halogens is 1. The van der Waals surface area contributed by atoms with E-state index in [9.17, 15) is 0 Å². The fourth-order valence-electron chi connectivity index (χ4n) is 1.54. The van der Waals surface area contributed by atoms with E-state index in [0.29, 0.717) is 24.0 Å². The molecule has 0 spiro atoms. The van der Waals surface area contributed by atoms with Gasteiger partial charge in [0.1, 0.15) is 5.75 Å². The van der Waals surface area contributed by atoms with E-state index in [2.05, 4.69) is 33.9 Å². The minimum Gasteiger partial charge on any atom is -0.492 e. The quantitative estimate of drug-likeness (QED) is 0.585. The van der Waals surface area contributed by atoms with Crippen molar-refractivity contribution in [2.45, 2.75) is 51.9 Å². The SMILES string of the molecule is CC(C)(C)[Si](C)(C)OCCCOc1ccc(CO)cc1Cl. The number of rotatable bonds is 7. The summed E-state index contributed by atoms with van der Waals surface area (Å²) in [5.74, 6) is 0.654. The van der Waals surface area contributed by atoms with Crippen LogP contribution in [0.15, 0.2) is 18.2 Å². The normalized spacial score (nSPS) is 12.5. The fraction of sp³-hybridized carbons (Fsp3) is 0.625. The van der Waals surface area contributed by atoms with Gasteiger partial charge < -0.3 is 14.3 Å². The molecule has 1 N–H and O–H groups in total. The van der Waals surface area contributed by atoms with Crippen LogP contribution in [0.4, 0.5) is 0 Å². The Morgan fingerprint density at radius 3 is 2.38 bits per heavy atom. The Morgan fingerprint density at radius 1 is 1.19 bits per heavy atom. The van der Waals surface area contributed by atoms with Gasteiger partial charge in [-0.15, -0.1) is 0 Å². The molecular weight excluding hydrogens is 304 g/mol. The first kappa shape index (κ1) is 18.5. The van der Waals surface area contributed by atoms with E-state index in [1.165, 1.54) is 0 Å². The maximum atomic E-state index is 9.03. The van der Waals surface area contributed by atoms with Gasteiger partial charge in [-0.05, 0) is 35.8 Å². The van der Waals surface area contributed by atoms with Gasteiger partial charge in [-0.1, -0.05) is 38.4 Å². The summed E-state index contributed by atoms with van der Waals surface area (Å²) in [6, 6.07) is 5.33. The molecule has 3 nitrogen and oxygen atoms in total. The number of hydrogen-bond donors (Lipinski definition) is 1. The van der Waals surface area contributed by atoms with Crippen LogP contribution in [0.25, 0.3) is 0 Å². The maximum absolute atomic E-state index is 9.03. The molecule has 0 bridgehead atoms. The van der Waals surface area contributed by atoms with Gasteiger partial charge in [-0.25, -0.2) is 0 Å². The van der Waals surface area contributed by atoms with E-state index in [1.54, 1.807) is 12.1 Å². The summed E-state index contributed by atoms with van der Waals surface area (Å²) < 4.78 is 11.7. The monoisotopic (exact) mass is 330 g/mol. The Labute approximate surface area is 134 Å². The van der Waals surface area contributed by atoms with Gasteiger partial charge in [0.2, 0.25) is 0 Å². The smallest absolute Gasteiger partial charge is 0.191 e. The second-order valence-electron chi connectivity index (χ2n) is 6.73. The van der Waals surface area contributed by atoms with E-state index in [0.717, 1.165) is 12.0 Å². The third-order valence-corrected chi connectivity index (χ3v) is 8.83. The van der Waals surface area contributed by atoms with Crippen molar-refractivity contribution in [2.75, 3.05) is 13.2 Å². The van der Waals surface area contributed by atoms with E-state index in [4.69, 9.17) is 25.9 Å². The van der Waals surface area contributed by atoms with Crippen LogP contribution in [0.1, 0.15) is 32.8 Å². The standard InChI is InChI=1S/C16H27ClO3Si/c1-16(2,3)21(4,5)20-10-6-9-19-15-8-7-13(12-18)11-14(15)17/h7-8,11,18H,6,9-10,12H2,1-5H3. The predicted molar refractivity (Wildman–Crippen MR) is 90.6 cm³/mol. The molecule has 0 amide bonds. The Morgan fingerprint density at radius 2 is 1.86 bits per heavy atom. The molecule has 0 saturated heterocycles. The molecule has 0 heterocycles. The largest absolute Gasteiger partial charge is 0.492 e. The molecular formula is C16H27ClO3Si. The van der Waals surface area contributed by atoms with Crippen molar-refractivity contribution in [1.29, 1.82) is 0 Å². The molecule has 0 aliphatic heterocycles. The van der Waals surface area contributed by atoms with Gasteiger partial charge in [-0.2, -0.15) is 0 Å². The summed E-state index contributed by atoms with van der Waals surface area (Å²) in [6.45, 7) is 12.5. The van der Waals surface area contributed by atoms with Crippen LogP contribution in [0.2, 0.25) is 23.2 Å². The lowest BCUT2D eigenvalue weighted by Gasteiger charge is -2.36. The van der Waals surface area contributed by atoms with Gasteiger partial charge in [0, 0.05) is 13.0 Å². The molecule has 0 aromatic heterocycles. The van der Waals surface area contributed by atoms with Gasteiger partial charge in [-0.3, -0.25) is 0 Å². The fourth-order valence-corrected chi connectivity index (χ4v) is 2.89. The van der Waals surface area contributed by atoms with Crippen molar-refractivity contribution in [3.63, 3.8) is 0 Å². The summed E-state index contributed by atoms with van der Waals surface area (Å²) >= 11 is 6.09. The number of aliphatic hydroxyl groups excluding tert-OH is 1. The van der Waals surface area contributed by atoms with E-state index in [1.807, 2.05) is 6.07 Å². The first-order valence-electron chi connectivity index (χ1n) is 7.33. The molecule has 1 rings (SSSR count). The first-order valence-corrected chi connectivity index (χ1v) is 10.6. The van der Waals surface area contributed by atoms with Gasteiger partial charge >= 0.3 is 0 Å². The molecule has 0 aliphatic rings. The lowest BCUT2D eigenvalue weighted by molar-refractivity contribution is 0.233. The van der Waals surface area contributed by atoms with Crippen LogP contribution >= 0.6 is 11.6 Å². The number of ether oxygens (including phenoxy) is 1. The van der Waals surface area contributed by atoms with Crippen LogP contribution < -0.4 is 4.74 Å². The molecule has 1 aromatic rings. The highest BCUT2D eigenvalue weighted by molar-refractivity contribution is 6.74. The Balaban J connectivity index is 2.35. The van der Waals surface area contributed by atoms with Crippen molar-refractivity contribution in [3.8, 4) is 5.75 Å². The van der Waals surface area contributed by atoms with Crippen LogP contribution in [0, 0.1) is 0 Å². The van der Waals surface area contributed by atoms with E-state index < -0.39 is 8.32 Å². The summed E-state index contributed by atoms with van der Waals surface area (Å²) in [5.41, 5.74) is 0.786. The summed E-state index contributed by atoms with van der Waals surface area (Å²) in [4.78, 5) is 0. The molecule has 0 radical (unpaired) electrons. The zero-order chi connectivity index (χ0) is 16.1. The minimum atomic E-state index is -1.67. The first-order chi connectivity index (χ1) is 9.67. The maximum Gasteiger partial charge on any atom is 0.191 e. The minimum absolute atomic E-state index is 0.0135. The van der Waals surface area contributed by atoms with Gasteiger partial charge in [0.15, 0.2) is 8.32 Å². The average molecular weight is 331 g/mol. The highest BCUT2D eigenvalue weighted by atomic mass is 35.5. The number of hydrogen-bond acceptors (Lipinski definition) is 3. The molecule has 0 saturated carbocycles. The molecule has 0 fully saturated rings. The Kier molecular flexibility index (Phi) is 6.72. The van der Waals surface area contributed by atoms with Crippen molar-refractivity contribution < 1.29 is 14.3 Å². The molecule has 0 aliphatic carbocycles. The molecule has 1 aromatic carbocycles.